The molecule has 0 aliphatic rings. The van der Waals surface area contributed by atoms with Crippen LogP contribution >= 0.6 is 0 Å². The molecule has 0 saturated carbocycles. The molecule has 2 aromatic heterocycles. The Morgan fingerprint density at radius 2 is 1.90 bits per heavy atom. The lowest BCUT2D eigenvalue weighted by molar-refractivity contribution is 0.318. The van der Waals surface area contributed by atoms with Crippen LogP contribution < -0.4 is 5.32 Å². The van der Waals surface area contributed by atoms with Gasteiger partial charge in [0.05, 0.1) is 5.92 Å². The molecule has 0 saturated heterocycles. The molecule has 0 radical (unpaired) electrons. The summed E-state index contributed by atoms with van der Waals surface area (Å²) in [5, 5.41) is 7.38. The van der Waals surface area contributed by atoms with Crippen molar-refractivity contribution in [1.82, 2.24) is 25.4 Å². The van der Waals surface area contributed by atoms with Crippen molar-refractivity contribution in [3.63, 3.8) is 0 Å². The number of nitrogens with one attached hydrogen (secondary N) is 1. The SMILES string of the molecule is CCNC(C)C(CC)c1nc(-c2ncc(C)cn2)no1. The Balaban J connectivity index is 2.20. The minimum atomic E-state index is 0.196. The van der Waals surface area contributed by atoms with Gasteiger partial charge < -0.3 is 9.84 Å². The zero-order chi connectivity index (χ0) is 14.5. The van der Waals surface area contributed by atoms with E-state index < -0.39 is 0 Å². The summed E-state index contributed by atoms with van der Waals surface area (Å²) in [6, 6.07) is 0.289. The summed E-state index contributed by atoms with van der Waals surface area (Å²) in [6.45, 7) is 9.19. The molecule has 2 rings (SSSR count). The molecule has 1 N–H and O–H groups in total. The third-order valence-corrected chi connectivity index (χ3v) is 3.31. The number of nitrogens with zero attached hydrogens (tertiary/aromatic N) is 4. The van der Waals surface area contributed by atoms with Crippen LogP contribution in [0.15, 0.2) is 16.9 Å². The molecule has 20 heavy (non-hydrogen) atoms. The third-order valence-electron chi connectivity index (χ3n) is 3.31. The molecule has 0 aromatic carbocycles. The van der Waals surface area contributed by atoms with Crippen LogP contribution in [0.4, 0.5) is 0 Å². The lowest BCUT2D eigenvalue weighted by Crippen LogP contribution is -2.31. The third kappa shape index (κ3) is 3.19. The molecule has 2 aromatic rings. The summed E-state index contributed by atoms with van der Waals surface area (Å²) in [6.07, 6.45) is 4.43. The Kier molecular flexibility index (Phi) is 4.79. The van der Waals surface area contributed by atoms with Gasteiger partial charge in [0.25, 0.3) is 0 Å². The Morgan fingerprint density at radius 3 is 2.50 bits per heavy atom. The van der Waals surface area contributed by atoms with Crippen LogP contribution in [0.1, 0.15) is 44.6 Å². The summed E-state index contributed by atoms with van der Waals surface area (Å²) < 4.78 is 5.39. The minimum Gasteiger partial charge on any atom is -0.338 e. The number of likely N-dealkylation sites (N-methyl/N-ethyl adjacent to an activating group) is 1. The lowest BCUT2D eigenvalue weighted by Gasteiger charge is -2.19. The summed E-state index contributed by atoms with van der Waals surface area (Å²) in [4.78, 5) is 12.9. The second-order valence-electron chi connectivity index (χ2n) is 4.90. The van der Waals surface area contributed by atoms with Crippen molar-refractivity contribution in [1.29, 1.82) is 0 Å². The largest absolute Gasteiger partial charge is 0.338 e. The molecule has 0 spiro atoms. The van der Waals surface area contributed by atoms with Crippen LogP contribution in [0.3, 0.4) is 0 Å². The number of aryl methyl sites for hydroxylation is 1. The zero-order valence-corrected chi connectivity index (χ0v) is 12.4. The Hall–Kier alpha value is -1.82. The molecule has 2 unspecified atom stereocenters. The van der Waals surface area contributed by atoms with Crippen LogP contribution in [0.5, 0.6) is 0 Å². The monoisotopic (exact) mass is 275 g/mol. The topological polar surface area (TPSA) is 76.7 Å². The molecular formula is C14H21N5O. The fourth-order valence-corrected chi connectivity index (χ4v) is 2.19. The molecule has 0 fully saturated rings. The first-order valence-corrected chi connectivity index (χ1v) is 7.01. The smallest absolute Gasteiger partial charge is 0.240 e. The maximum atomic E-state index is 5.39. The second kappa shape index (κ2) is 6.56. The average molecular weight is 275 g/mol. The molecule has 108 valence electrons. The van der Waals surface area contributed by atoms with E-state index in [0.717, 1.165) is 18.5 Å². The van der Waals surface area contributed by atoms with Crippen LogP contribution in [-0.4, -0.2) is 32.7 Å². The number of aromatic nitrogens is 4. The lowest BCUT2D eigenvalue weighted by atomic mass is 9.98. The van der Waals surface area contributed by atoms with Gasteiger partial charge in [-0.3, -0.25) is 0 Å². The molecule has 2 atom stereocenters. The van der Waals surface area contributed by atoms with Gasteiger partial charge in [-0.05, 0) is 32.4 Å². The minimum absolute atomic E-state index is 0.196. The van der Waals surface area contributed by atoms with Crippen molar-refractivity contribution in [2.24, 2.45) is 0 Å². The molecule has 0 bridgehead atoms. The fourth-order valence-electron chi connectivity index (χ4n) is 2.19. The molecule has 0 amide bonds. The van der Waals surface area contributed by atoms with Crippen LogP contribution in [0.25, 0.3) is 11.6 Å². The number of hydrogen-bond acceptors (Lipinski definition) is 6. The van der Waals surface area contributed by atoms with Crippen LogP contribution in [-0.2, 0) is 0 Å². The van der Waals surface area contributed by atoms with E-state index in [1.807, 2.05) is 6.92 Å². The van der Waals surface area contributed by atoms with Crippen molar-refractivity contribution >= 4 is 0 Å². The average Bonchev–Trinajstić information content (AvgIpc) is 2.90. The normalized spacial score (nSPS) is 14.2. The molecule has 6 heteroatoms. The summed E-state index contributed by atoms with van der Waals surface area (Å²) >= 11 is 0. The van der Waals surface area contributed by atoms with Gasteiger partial charge in [0.1, 0.15) is 0 Å². The standard InChI is InChI=1S/C14H21N5O/c1-5-11(10(4)15-6-2)14-18-13(19-20-14)12-16-7-9(3)8-17-12/h7-8,10-11,15H,5-6H2,1-4H3. The van der Waals surface area contributed by atoms with E-state index >= 15 is 0 Å². The van der Waals surface area contributed by atoms with E-state index in [0.29, 0.717) is 17.5 Å². The zero-order valence-electron chi connectivity index (χ0n) is 12.4. The van der Waals surface area contributed by atoms with Gasteiger partial charge in [-0.25, -0.2) is 9.97 Å². The Labute approximate surface area is 119 Å². The maximum absolute atomic E-state index is 5.39. The molecular weight excluding hydrogens is 254 g/mol. The van der Waals surface area contributed by atoms with Gasteiger partial charge >= 0.3 is 0 Å². The van der Waals surface area contributed by atoms with Gasteiger partial charge in [0.2, 0.25) is 17.5 Å². The van der Waals surface area contributed by atoms with Gasteiger partial charge in [0, 0.05) is 18.4 Å². The van der Waals surface area contributed by atoms with Crippen molar-refractivity contribution < 1.29 is 4.52 Å². The van der Waals surface area contributed by atoms with Crippen molar-refractivity contribution in [3.8, 4) is 11.6 Å². The summed E-state index contributed by atoms with van der Waals surface area (Å²) in [7, 11) is 0. The van der Waals surface area contributed by atoms with Gasteiger partial charge in [-0.2, -0.15) is 4.98 Å². The maximum Gasteiger partial charge on any atom is 0.240 e. The van der Waals surface area contributed by atoms with Crippen molar-refractivity contribution in [2.45, 2.75) is 46.1 Å². The van der Waals surface area contributed by atoms with E-state index in [1.54, 1.807) is 12.4 Å². The highest BCUT2D eigenvalue weighted by Crippen LogP contribution is 2.23. The van der Waals surface area contributed by atoms with Gasteiger partial charge in [0.15, 0.2) is 0 Å². The second-order valence-corrected chi connectivity index (χ2v) is 4.90. The highest BCUT2D eigenvalue weighted by atomic mass is 16.5. The van der Waals surface area contributed by atoms with Crippen LogP contribution in [0.2, 0.25) is 0 Å². The first-order valence-electron chi connectivity index (χ1n) is 7.01. The van der Waals surface area contributed by atoms with Crippen molar-refractivity contribution in [3.05, 3.63) is 23.8 Å². The predicted molar refractivity (Wildman–Crippen MR) is 76.2 cm³/mol. The Morgan fingerprint density at radius 1 is 1.20 bits per heavy atom. The number of rotatable bonds is 6. The first kappa shape index (κ1) is 14.6. The fraction of sp³-hybridized carbons (Fsp3) is 0.571. The highest BCUT2D eigenvalue weighted by Gasteiger charge is 2.23. The van der Waals surface area contributed by atoms with E-state index in [1.165, 1.54) is 0 Å². The van der Waals surface area contributed by atoms with E-state index in [2.05, 4.69) is 46.2 Å². The molecule has 6 nitrogen and oxygen atoms in total. The van der Waals surface area contributed by atoms with Crippen molar-refractivity contribution in [2.75, 3.05) is 6.54 Å². The first-order chi connectivity index (χ1) is 9.65. The van der Waals surface area contributed by atoms with Gasteiger partial charge in [-0.15, -0.1) is 0 Å². The summed E-state index contributed by atoms with van der Waals surface area (Å²) in [5.41, 5.74) is 1.00. The quantitative estimate of drug-likeness (QED) is 0.872. The summed E-state index contributed by atoms with van der Waals surface area (Å²) in [5.74, 6) is 1.78. The van der Waals surface area contributed by atoms with E-state index in [9.17, 15) is 0 Å². The highest BCUT2D eigenvalue weighted by molar-refractivity contribution is 5.41. The predicted octanol–water partition coefficient (Wildman–Crippen LogP) is 2.33. The Bertz CT molecular complexity index is 537. The molecule has 0 aliphatic heterocycles. The molecule has 0 aliphatic carbocycles. The van der Waals surface area contributed by atoms with E-state index in [4.69, 9.17) is 4.52 Å². The van der Waals surface area contributed by atoms with E-state index in [-0.39, 0.29) is 12.0 Å². The molecule has 2 heterocycles. The number of hydrogen-bond donors (Lipinski definition) is 1. The van der Waals surface area contributed by atoms with Gasteiger partial charge in [-0.1, -0.05) is 19.0 Å². The van der Waals surface area contributed by atoms with Crippen LogP contribution in [0, 0.1) is 6.92 Å².